The normalized spacial score (nSPS) is 11.7. The molecule has 57 heavy (non-hydrogen) atoms. The average molecular weight is 788 g/mol. The van der Waals surface area contributed by atoms with E-state index < -0.39 is 66.4 Å². The average Bonchev–Trinajstić information content (AvgIpc) is 3.16. The fraction of sp³-hybridized carbons (Fsp3) is 0.400. The fourth-order valence-electron chi connectivity index (χ4n) is 5.48. The highest BCUT2D eigenvalue weighted by atomic mass is 16.5. The maximum atomic E-state index is 13.3. The van der Waals surface area contributed by atoms with Gasteiger partial charge >= 0.3 is 11.7 Å². The molecule has 0 aliphatic heterocycles. The molecule has 0 bridgehead atoms. The Morgan fingerprint density at radius 2 is 1.56 bits per heavy atom. The molecule has 17 heteroatoms. The molecular formula is C40H49N7O10. The molecule has 1 aromatic heterocycles. The number of hydrogen-bond acceptors (Lipinski definition) is 10. The molecule has 0 aliphatic rings. The number of nitrogens with two attached hydrogens (primary N) is 1. The summed E-state index contributed by atoms with van der Waals surface area (Å²) in [5.74, 6) is -0.974. The van der Waals surface area contributed by atoms with E-state index in [4.69, 9.17) is 21.3 Å². The van der Waals surface area contributed by atoms with Gasteiger partial charge in [0, 0.05) is 42.6 Å². The Kier molecular flexibility index (Phi) is 18.2. The summed E-state index contributed by atoms with van der Waals surface area (Å²) >= 11 is 0. The molecule has 0 radical (unpaired) electrons. The van der Waals surface area contributed by atoms with Gasteiger partial charge in [0.15, 0.2) is 0 Å². The van der Waals surface area contributed by atoms with E-state index in [9.17, 15) is 38.4 Å². The Balaban J connectivity index is 1.53. The van der Waals surface area contributed by atoms with Gasteiger partial charge in [0.05, 0.1) is 13.0 Å². The summed E-state index contributed by atoms with van der Waals surface area (Å²) in [5.41, 5.74) is 6.15. The van der Waals surface area contributed by atoms with Gasteiger partial charge < -0.3 is 46.8 Å². The predicted octanol–water partition coefficient (Wildman–Crippen LogP) is 1.52. The van der Waals surface area contributed by atoms with Crippen molar-refractivity contribution in [3.8, 4) is 12.3 Å². The Morgan fingerprint density at radius 1 is 0.842 bits per heavy atom. The van der Waals surface area contributed by atoms with Crippen molar-refractivity contribution in [2.75, 3.05) is 25.0 Å². The molecule has 2 atom stereocenters. The van der Waals surface area contributed by atoms with Crippen LogP contribution in [0.1, 0.15) is 63.5 Å². The number of ether oxygens (including phenoxy) is 1. The highest BCUT2D eigenvalue weighted by Crippen LogP contribution is 2.22. The molecule has 17 nitrogen and oxygen atoms in total. The minimum absolute atomic E-state index is 0.0172. The van der Waals surface area contributed by atoms with Crippen LogP contribution < -0.4 is 43.3 Å². The van der Waals surface area contributed by atoms with Crippen molar-refractivity contribution < 1.29 is 42.7 Å². The van der Waals surface area contributed by atoms with Crippen molar-refractivity contribution in [1.29, 1.82) is 0 Å². The number of anilines is 1. The van der Waals surface area contributed by atoms with Crippen LogP contribution in [-0.2, 0) is 46.5 Å². The zero-order valence-corrected chi connectivity index (χ0v) is 31.9. The van der Waals surface area contributed by atoms with Crippen molar-refractivity contribution >= 4 is 58.2 Å². The first-order valence-corrected chi connectivity index (χ1v) is 18.4. The van der Waals surface area contributed by atoms with Crippen LogP contribution in [0.4, 0.5) is 10.5 Å². The Hall–Kier alpha value is -6.70. The van der Waals surface area contributed by atoms with Crippen molar-refractivity contribution in [3.63, 3.8) is 0 Å². The van der Waals surface area contributed by atoms with Crippen LogP contribution in [0.5, 0.6) is 0 Å². The molecule has 3 rings (SSSR count). The lowest BCUT2D eigenvalue weighted by molar-refractivity contribution is -0.128. The number of rotatable bonds is 22. The second-order valence-electron chi connectivity index (χ2n) is 13.5. The number of benzene rings is 2. The van der Waals surface area contributed by atoms with Crippen LogP contribution >= 0.6 is 0 Å². The molecule has 0 fully saturated rings. The third-order valence-corrected chi connectivity index (χ3v) is 8.28. The standard InChI is InChI=1S/C40H49N7O10/c1-4-5-14-33(48)42-17-10-9-13-30(38(41)53)46-34(49)19-27-20-37(52)57-32-21-28(15-16-29(27)32)45-39(54)31(18-25(2)3)47-36(51)23-43-35(50)22-44-40(55)56-24-26-11-7-6-8-12-26/h1,6-8,11-12,15-16,20-21,25,30-31H,5,9-10,13-14,17-19,22-24H2,2-3H3,(H2,41,53)(H,42,48)(H,43,50)(H,44,55)(H,45,54)(H,46,49)(H,47,51)/t30-,31-/m0/s1. The number of unbranched alkanes of at least 4 members (excludes halogenated alkanes) is 1. The van der Waals surface area contributed by atoms with Gasteiger partial charge in [0.1, 0.15) is 30.8 Å². The maximum Gasteiger partial charge on any atom is 0.407 e. The highest BCUT2D eigenvalue weighted by Gasteiger charge is 2.24. The lowest BCUT2D eigenvalue weighted by Gasteiger charge is -2.20. The van der Waals surface area contributed by atoms with Gasteiger partial charge in [-0.05, 0) is 54.9 Å². The molecule has 2 aromatic carbocycles. The highest BCUT2D eigenvalue weighted by molar-refractivity contribution is 5.99. The minimum Gasteiger partial charge on any atom is -0.445 e. The lowest BCUT2D eigenvalue weighted by Crippen LogP contribution is -2.49. The summed E-state index contributed by atoms with van der Waals surface area (Å²) in [5, 5.41) is 15.7. The number of nitrogens with one attached hydrogen (secondary N) is 6. The number of amides is 7. The van der Waals surface area contributed by atoms with Crippen LogP contribution in [0.25, 0.3) is 11.0 Å². The van der Waals surface area contributed by atoms with Crippen LogP contribution in [0.15, 0.2) is 63.8 Å². The van der Waals surface area contributed by atoms with E-state index in [1.54, 1.807) is 30.3 Å². The molecule has 3 aromatic rings. The number of primary amides is 1. The topological polar surface area (TPSA) is 257 Å². The number of alkyl carbamates (subject to hydrolysis) is 1. The van der Waals surface area contributed by atoms with Gasteiger partial charge in [-0.1, -0.05) is 44.2 Å². The van der Waals surface area contributed by atoms with E-state index in [0.717, 1.165) is 11.6 Å². The third-order valence-electron chi connectivity index (χ3n) is 8.28. The smallest absolute Gasteiger partial charge is 0.407 e. The Labute approximate surface area is 329 Å². The van der Waals surface area contributed by atoms with Crippen LogP contribution in [0, 0.1) is 18.3 Å². The van der Waals surface area contributed by atoms with Crippen LogP contribution in [-0.4, -0.2) is 73.3 Å². The summed E-state index contributed by atoms with van der Waals surface area (Å²) in [6.07, 6.45) is 6.14. The molecule has 8 N–H and O–H groups in total. The van der Waals surface area contributed by atoms with Crippen LogP contribution in [0.3, 0.4) is 0 Å². The van der Waals surface area contributed by atoms with E-state index in [2.05, 4.69) is 37.8 Å². The van der Waals surface area contributed by atoms with Crippen molar-refractivity contribution in [1.82, 2.24) is 26.6 Å². The summed E-state index contributed by atoms with van der Waals surface area (Å²) in [4.78, 5) is 99.4. The molecule has 0 saturated carbocycles. The quantitative estimate of drug-likeness (QED) is 0.0439. The summed E-state index contributed by atoms with van der Waals surface area (Å²) in [6.45, 7) is 3.21. The molecular weight excluding hydrogens is 738 g/mol. The largest absolute Gasteiger partial charge is 0.445 e. The van der Waals surface area contributed by atoms with Gasteiger partial charge in [-0.25, -0.2) is 9.59 Å². The molecule has 0 unspecified atom stereocenters. The number of fused-ring (bicyclic) bond motifs is 1. The molecule has 1 heterocycles. The Bertz CT molecular complexity index is 1990. The number of terminal acetylenes is 1. The number of carbonyl (C=O) groups excluding carboxylic acids is 7. The van der Waals surface area contributed by atoms with Gasteiger partial charge in [0.25, 0.3) is 0 Å². The minimum atomic E-state index is -1.01. The summed E-state index contributed by atoms with van der Waals surface area (Å²) in [6, 6.07) is 12.6. The Morgan fingerprint density at radius 3 is 2.26 bits per heavy atom. The fourth-order valence-corrected chi connectivity index (χ4v) is 5.48. The van der Waals surface area contributed by atoms with Crippen molar-refractivity contribution in [3.05, 3.63) is 76.1 Å². The molecule has 7 amide bonds. The third kappa shape index (κ3) is 16.7. The van der Waals surface area contributed by atoms with Crippen molar-refractivity contribution in [2.45, 2.75) is 77.5 Å². The van der Waals surface area contributed by atoms with E-state index in [-0.39, 0.29) is 55.4 Å². The second kappa shape index (κ2) is 23.3. The van der Waals surface area contributed by atoms with Crippen molar-refractivity contribution in [2.24, 2.45) is 11.7 Å². The van der Waals surface area contributed by atoms with E-state index >= 15 is 0 Å². The van der Waals surface area contributed by atoms with E-state index in [1.165, 1.54) is 12.1 Å². The first kappa shape index (κ1) is 44.7. The predicted molar refractivity (Wildman–Crippen MR) is 210 cm³/mol. The van der Waals surface area contributed by atoms with Gasteiger partial charge in [0.2, 0.25) is 35.4 Å². The first-order valence-electron chi connectivity index (χ1n) is 18.4. The van der Waals surface area contributed by atoms with Gasteiger partial charge in [-0.2, -0.15) is 0 Å². The zero-order chi connectivity index (χ0) is 41.7. The van der Waals surface area contributed by atoms with E-state index in [0.29, 0.717) is 36.8 Å². The van der Waals surface area contributed by atoms with Gasteiger partial charge in [-0.15, -0.1) is 12.3 Å². The maximum absolute atomic E-state index is 13.3. The van der Waals surface area contributed by atoms with Crippen LogP contribution in [0.2, 0.25) is 0 Å². The SMILES string of the molecule is C#CCCC(=O)NCCCC[C@H](NC(=O)Cc1cc(=O)oc2cc(NC(=O)[C@H](CC(C)C)NC(=O)CNC(=O)CNC(=O)OCc3ccccc3)ccc12)C(N)=O. The number of hydrogen-bond donors (Lipinski definition) is 7. The molecule has 0 spiro atoms. The molecule has 0 aliphatic carbocycles. The lowest BCUT2D eigenvalue weighted by atomic mass is 10.0. The molecule has 304 valence electrons. The second-order valence-corrected chi connectivity index (χ2v) is 13.5. The monoisotopic (exact) mass is 787 g/mol. The first-order chi connectivity index (χ1) is 27.2. The van der Waals surface area contributed by atoms with E-state index in [1.807, 2.05) is 19.9 Å². The summed E-state index contributed by atoms with van der Waals surface area (Å²) < 4.78 is 10.4. The summed E-state index contributed by atoms with van der Waals surface area (Å²) in [7, 11) is 0. The zero-order valence-electron chi connectivity index (χ0n) is 31.9. The molecule has 0 saturated heterocycles. The van der Waals surface area contributed by atoms with Gasteiger partial charge in [-0.3, -0.25) is 28.8 Å². The number of carbonyl (C=O) groups is 7.